The second-order valence-electron chi connectivity index (χ2n) is 3.82. The van der Waals surface area contributed by atoms with Crippen LogP contribution in [0.1, 0.15) is 22.9 Å². The van der Waals surface area contributed by atoms with Crippen molar-refractivity contribution in [3.05, 3.63) is 65.5 Å². The third kappa shape index (κ3) is 2.51. The predicted molar refractivity (Wildman–Crippen MR) is 61.7 cm³/mol. The molecule has 0 radical (unpaired) electrons. The first-order chi connectivity index (χ1) is 8.50. The lowest BCUT2D eigenvalue weighted by atomic mass is 10.00. The zero-order valence-electron chi connectivity index (χ0n) is 9.35. The summed E-state index contributed by atoms with van der Waals surface area (Å²) in [5.41, 5.74) is 5.50. The molecule has 18 heavy (non-hydrogen) atoms. The Morgan fingerprint density at radius 2 is 1.67 bits per heavy atom. The molecule has 2 aromatic rings. The van der Waals surface area contributed by atoms with E-state index >= 15 is 0 Å². The highest BCUT2D eigenvalue weighted by atomic mass is 19.4. The van der Waals surface area contributed by atoms with E-state index in [-0.39, 0.29) is 5.69 Å². The summed E-state index contributed by atoms with van der Waals surface area (Å²) < 4.78 is 38.5. The highest BCUT2D eigenvalue weighted by Crippen LogP contribution is 2.34. The molecule has 0 saturated heterocycles. The summed E-state index contributed by atoms with van der Waals surface area (Å²) in [5, 5.41) is 0. The van der Waals surface area contributed by atoms with Gasteiger partial charge in [-0.25, -0.2) is 0 Å². The van der Waals surface area contributed by atoms with E-state index in [0.29, 0.717) is 5.56 Å². The highest BCUT2D eigenvalue weighted by Gasteiger charge is 2.35. The molecule has 2 N–H and O–H groups in total. The molecule has 1 heterocycles. The van der Waals surface area contributed by atoms with E-state index in [0.717, 1.165) is 6.07 Å². The minimum absolute atomic E-state index is 0.156. The van der Waals surface area contributed by atoms with Crippen molar-refractivity contribution in [3.8, 4) is 0 Å². The number of pyridine rings is 1. The maximum absolute atomic E-state index is 12.8. The average Bonchev–Trinajstić information content (AvgIpc) is 2.38. The van der Waals surface area contributed by atoms with Gasteiger partial charge in [0.25, 0.3) is 0 Å². The van der Waals surface area contributed by atoms with Crippen LogP contribution in [0.4, 0.5) is 13.2 Å². The van der Waals surface area contributed by atoms with Crippen LogP contribution in [0.3, 0.4) is 0 Å². The minimum atomic E-state index is -4.45. The molecule has 0 bridgehead atoms. The fourth-order valence-corrected chi connectivity index (χ4v) is 1.72. The van der Waals surface area contributed by atoms with Gasteiger partial charge in [-0.1, -0.05) is 30.3 Å². The molecule has 0 aliphatic heterocycles. The Balaban J connectivity index is 2.46. The first-order valence-corrected chi connectivity index (χ1v) is 5.33. The third-order valence-electron chi connectivity index (χ3n) is 2.60. The predicted octanol–water partition coefficient (Wildman–Crippen LogP) is 3.15. The van der Waals surface area contributed by atoms with Gasteiger partial charge in [0.1, 0.15) is 0 Å². The molecular weight excluding hydrogens is 241 g/mol. The quantitative estimate of drug-likeness (QED) is 0.891. The van der Waals surface area contributed by atoms with Gasteiger partial charge in [0.15, 0.2) is 0 Å². The number of nitrogens with two attached hydrogens (primary N) is 1. The molecule has 0 saturated carbocycles. The first kappa shape index (κ1) is 12.6. The Labute approximate surface area is 102 Å². The normalized spacial score (nSPS) is 13.3. The number of benzene rings is 1. The van der Waals surface area contributed by atoms with E-state index in [1.54, 1.807) is 30.3 Å². The lowest BCUT2D eigenvalue weighted by Gasteiger charge is -2.17. The Morgan fingerprint density at radius 1 is 1.00 bits per heavy atom. The van der Waals surface area contributed by atoms with E-state index < -0.39 is 17.8 Å². The number of hydrogen-bond acceptors (Lipinski definition) is 2. The van der Waals surface area contributed by atoms with E-state index in [4.69, 9.17) is 5.73 Å². The first-order valence-electron chi connectivity index (χ1n) is 5.33. The van der Waals surface area contributed by atoms with Gasteiger partial charge >= 0.3 is 6.18 Å². The average molecular weight is 252 g/mol. The van der Waals surface area contributed by atoms with Crippen molar-refractivity contribution in [2.45, 2.75) is 12.2 Å². The number of alkyl halides is 3. The Kier molecular flexibility index (Phi) is 3.34. The van der Waals surface area contributed by atoms with Crippen molar-refractivity contribution in [1.82, 2.24) is 4.98 Å². The molecule has 0 fully saturated rings. The number of nitrogens with zero attached hydrogens (tertiary/aromatic N) is 1. The van der Waals surface area contributed by atoms with Crippen LogP contribution in [-0.4, -0.2) is 4.98 Å². The molecule has 0 unspecified atom stereocenters. The van der Waals surface area contributed by atoms with E-state index in [1.165, 1.54) is 12.3 Å². The molecule has 1 aromatic heterocycles. The number of rotatable bonds is 2. The summed E-state index contributed by atoms with van der Waals surface area (Å²) in [6, 6.07) is 9.95. The van der Waals surface area contributed by atoms with Crippen molar-refractivity contribution in [2.75, 3.05) is 0 Å². The summed E-state index contributed by atoms with van der Waals surface area (Å²) >= 11 is 0. The lowest BCUT2D eigenvalue weighted by Crippen LogP contribution is -2.19. The maximum Gasteiger partial charge on any atom is 0.418 e. The third-order valence-corrected chi connectivity index (χ3v) is 2.60. The zero-order chi connectivity index (χ0) is 13.2. The second kappa shape index (κ2) is 4.78. The molecule has 0 amide bonds. The lowest BCUT2D eigenvalue weighted by molar-refractivity contribution is -0.138. The topological polar surface area (TPSA) is 38.9 Å². The molecule has 0 aliphatic rings. The molecule has 2 nitrogen and oxygen atoms in total. The Hall–Kier alpha value is -1.88. The number of hydrogen-bond donors (Lipinski definition) is 1. The van der Waals surface area contributed by atoms with E-state index in [1.807, 2.05) is 0 Å². The van der Waals surface area contributed by atoms with Crippen molar-refractivity contribution in [3.63, 3.8) is 0 Å². The van der Waals surface area contributed by atoms with Crippen LogP contribution in [0, 0.1) is 0 Å². The standard InChI is InChI=1S/C13H11F3N2/c14-13(15,16)10-7-4-8-18-12(10)11(17)9-5-2-1-3-6-9/h1-8,11H,17H2/t11-/m0/s1. The smallest absolute Gasteiger partial charge is 0.319 e. The molecule has 94 valence electrons. The summed E-state index contributed by atoms with van der Waals surface area (Å²) in [7, 11) is 0. The second-order valence-corrected chi connectivity index (χ2v) is 3.82. The van der Waals surface area contributed by atoms with Crippen LogP contribution >= 0.6 is 0 Å². The molecule has 0 aliphatic carbocycles. The van der Waals surface area contributed by atoms with Crippen LogP contribution in [0.2, 0.25) is 0 Å². The van der Waals surface area contributed by atoms with Gasteiger partial charge in [-0.05, 0) is 17.7 Å². The minimum Gasteiger partial charge on any atom is -0.319 e. The Morgan fingerprint density at radius 3 is 2.28 bits per heavy atom. The SMILES string of the molecule is N[C@@H](c1ccccc1)c1ncccc1C(F)(F)F. The molecule has 5 heteroatoms. The summed E-state index contributed by atoms with van der Waals surface area (Å²) in [6.45, 7) is 0. The molecule has 1 atom stereocenters. The summed E-state index contributed by atoms with van der Waals surface area (Å²) in [6.07, 6.45) is -3.14. The van der Waals surface area contributed by atoms with Crippen molar-refractivity contribution >= 4 is 0 Å². The zero-order valence-corrected chi connectivity index (χ0v) is 9.35. The summed E-state index contributed by atoms with van der Waals surface area (Å²) in [4.78, 5) is 3.78. The fraction of sp³-hybridized carbons (Fsp3) is 0.154. The monoisotopic (exact) mass is 252 g/mol. The molecular formula is C13H11F3N2. The van der Waals surface area contributed by atoms with Crippen LogP contribution in [0.25, 0.3) is 0 Å². The largest absolute Gasteiger partial charge is 0.418 e. The summed E-state index contributed by atoms with van der Waals surface area (Å²) in [5.74, 6) is 0. The Bertz CT molecular complexity index is 523. The van der Waals surface area contributed by atoms with Gasteiger partial charge in [-0.15, -0.1) is 0 Å². The number of halogens is 3. The van der Waals surface area contributed by atoms with E-state index in [2.05, 4.69) is 4.98 Å². The molecule has 2 rings (SSSR count). The van der Waals surface area contributed by atoms with Crippen LogP contribution < -0.4 is 5.73 Å². The van der Waals surface area contributed by atoms with Crippen molar-refractivity contribution in [2.24, 2.45) is 5.73 Å². The van der Waals surface area contributed by atoms with E-state index in [9.17, 15) is 13.2 Å². The van der Waals surface area contributed by atoms with Crippen LogP contribution in [-0.2, 0) is 6.18 Å². The van der Waals surface area contributed by atoms with Crippen LogP contribution in [0.15, 0.2) is 48.7 Å². The van der Waals surface area contributed by atoms with Gasteiger partial charge in [-0.2, -0.15) is 13.2 Å². The van der Waals surface area contributed by atoms with Crippen molar-refractivity contribution < 1.29 is 13.2 Å². The maximum atomic E-state index is 12.8. The number of aromatic nitrogens is 1. The highest BCUT2D eigenvalue weighted by molar-refractivity contribution is 5.33. The van der Waals surface area contributed by atoms with Gasteiger partial charge in [0.05, 0.1) is 17.3 Å². The molecule has 0 spiro atoms. The van der Waals surface area contributed by atoms with Gasteiger partial charge in [0, 0.05) is 6.20 Å². The molecule has 1 aromatic carbocycles. The van der Waals surface area contributed by atoms with Crippen molar-refractivity contribution in [1.29, 1.82) is 0 Å². The van der Waals surface area contributed by atoms with Crippen LogP contribution in [0.5, 0.6) is 0 Å². The van der Waals surface area contributed by atoms with Gasteiger partial charge < -0.3 is 5.73 Å². The fourth-order valence-electron chi connectivity index (χ4n) is 1.72. The van der Waals surface area contributed by atoms with Gasteiger partial charge in [-0.3, -0.25) is 4.98 Å². The van der Waals surface area contributed by atoms with Gasteiger partial charge in [0.2, 0.25) is 0 Å².